The number of ether oxygens (including phenoxy) is 1. The molecule has 28 heavy (non-hydrogen) atoms. The van der Waals surface area contributed by atoms with Crippen molar-refractivity contribution in [3.05, 3.63) is 51.9 Å². The van der Waals surface area contributed by atoms with Crippen LogP contribution in [-0.4, -0.2) is 23.6 Å². The van der Waals surface area contributed by atoms with E-state index in [1.165, 1.54) is 23.3 Å². The van der Waals surface area contributed by atoms with E-state index in [0.29, 0.717) is 36.5 Å². The van der Waals surface area contributed by atoms with Gasteiger partial charge in [0.1, 0.15) is 5.00 Å². The topological polar surface area (TPSA) is 75.6 Å². The summed E-state index contributed by atoms with van der Waals surface area (Å²) in [6.45, 7) is 0.955. The van der Waals surface area contributed by atoms with Gasteiger partial charge in [0.15, 0.2) is 0 Å². The van der Waals surface area contributed by atoms with E-state index < -0.39 is 5.97 Å². The van der Waals surface area contributed by atoms with Crippen LogP contribution in [0.2, 0.25) is 0 Å². The molecule has 1 aromatic carbocycles. The maximum absolute atomic E-state index is 13.3. The van der Waals surface area contributed by atoms with Gasteiger partial charge in [-0.15, -0.1) is 11.3 Å². The Balaban J connectivity index is 1.45. The number of benzene rings is 1. The molecule has 4 unspecified atom stereocenters. The monoisotopic (exact) mass is 397 g/mol. The number of rotatable bonds is 4. The lowest BCUT2D eigenvalue weighted by molar-refractivity contribution is -0.121. The van der Waals surface area contributed by atoms with Gasteiger partial charge in [0.25, 0.3) is 0 Å². The molecule has 2 bridgehead atoms. The Bertz CT molecular complexity index is 922. The van der Waals surface area contributed by atoms with Gasteiger partial charge in [-0.05, 0) is 54.6 Å². The number of carbonyl (C=O) groups excluding carboxylic acids is 1. The van der Waals surface area contributed by atoms with Crippen LogP contribution in [0.5, 0.6) is 0 Å². The molecule has 3 aliphatic rings. The lowest BCUT2D eigenvalue weighted by Crippen LogP contribution is -2.32. The molecule has 2 aliphatic carbocycles. The molecule has 146 valence electrons. The van der Waals surface area contributed by atoms with Crippen LogP contribution < -0.4 is 5.32 Å². The Kier molecular flexibility index (Phi) is 4.48. The van der Waals surface area contributed by atoms with E-state index in [9.17, 15) is 14.7 Å². The van der Waals surface area contributed by atoms with Crippen molar-refractivity contribution in [3.63, 3.8) is 0 Å². The zero-order valence-corrected chi connectivity index (χ0v) is 16.3. The molecule has 2 N–H and O–H groups in total. The summed E-state index contributed by atoms with van der Waals surface area (Å²) in [6.07, 6.45) is 3.95. The van der Waals surface area contributed by atoms with Crippen LogP contribution in [0.25, 0.3) is 0 Å². The van der Waals surface area contributed by atoms with Crippen molar-refractivity contribution >= 4 is 28.2 Å². The molecule has 6 heteroatoms. The highest BCUT2D eigenvalue weighted by Gasteiger charge is 2.51. The van der Waals surface area contributed by atoms with Crippen molar-refractivity contribution in [1.82, 2.24) is 0 Å². The smallest absolute Gasteiger partial charge is 0.339 e. The minimum atomic E-state index is -0.970. The fraction of sp³-hybridized carbons (Fsp3) is 0.455. The van der Waals surface area contributed by atoms with E-state index >= 15 is 0 Å². The highest BCUT2D eigenvalue weighted by Crippen LogP contribution is 2.57. The van der Waals surface area contributed by atoms with Gasteiger partial charge >= 0.3 is 5.97 Å². The van der Waals surface area contributed by atoms with Gasteiger partial charge in [0.2, 0.25) is 5.91 Å². The maximum Gasteiger partial charge on any atom is 0.339 e. The Morgan fingerprint density at radius 2 is 1.93 bits per heavy atom. The molecule has 2 saturated carbocycles. The molecule has 1 aromatic heterocycles. The Morgan fingerprint density at radius 1 is 1.14 bits per heavy atom. The molecule has 2 heterocycles. The van der Waals surface area contributed by atoms with Crippen LogP contribution >= 0.6 is 11.3 Å². The lowest BCUT2D eigenvalue weighted by atomic mass is 9.75. The summed E-state index contributed by atoms with van der Waals surface area (Å²) in [6, 6.07) is 10.3. The van der Waals surface area contributed by atoms with Crippen molar-refractivity contribution in [1.29, 1.82) is 0 Å². The second kappa shape index (κ2) is 7.01. The summed E-state index contributed by atoms with van der Waals surface area (Å²) >= 11 is 1.36. The number of hydrogen-bond donors (Lipinski definition) is 2. The quantitative estimate of drug-likeness (QED) is 0.807. The molecular formula is C22H23NO4S. The van der Waals surface area contributed by atoms with E-state index in [4.69, 9.17) is 4.74 Å². The summed E-state index contributed by atoms with van der Waals surface area (Å²) in [5, 5.41) is 13.2. The number of amides is 1. The first-order valence-corrected chi connectivity index (χ1v) is 10.8. The van der Waals surface area contributed by atoms with Gasteiger partial charge < -0.3 is 15.2 Å². The SMILES string of the molecule is O=C(O)c1c(NC(=O)C2C3CCC(C3)C2c2ccccc2)sc2c1CCOC2. The van der Waals surface area contributed by atoms with E-state index in [0.717, 1.165) is 23.3 Å². The normalized spacial score (nSPS) is 28.1. The molecule has 1 aliphatic heterocycles. The van der Waals surface area contributed by atoms with Crippen LogP contribution in [0.4, 0.5) is 5.00 Å². The van der Waals surface area contributed by atoms with Crippen molar-refractivity contribution in [3.8, 4) is 0 Å². The lowest BCUT2D eigenvalue weighted by Gasteiger charge is -2.30. The third-order valence-corrected chi connectivity index (χ3v) is 7.80. The molecule has 2 aromatic rings. The van der Waals surface area contributed by atoms with Crippen LogP contribution in [-0.2, 0) is 22.6 Å². The first-order chi connectivity index (χ1) is 13.6. The van der Waals surface area contributed by atoms with Crippen LogP contribution in [0.1, 0.15) is 51.5 Å². The summed E-state index contributed by atoms with van der Waals surface area (Å²) in [5.74, 6) is 0.0862. The Morgan fingerprint density at radius 3 is 2.71 bits per heavy atom. The number of aromatic carboxylic acids is 1. The Hall–Kier alpha value is -2.18. The molecule has 1 amide bonds. The highest BCUT2D eigenvalue weighted by molar-refractivity contribution is 7.17. The first-order valence-electron chi connectivity index (χ1n) is 9.95. The van der Waals surface area contributed by atoms with E-state index in [1.807, 2.05) is 18.2 Å². The van der Waals surface area contributed by atoms with Gasteiger partial charge in [-0.25, -0.2) is 4.79 Å². The number of fused-ring (bicyclic) bond motifs is 3. The zero-order chi connectivity index (χ0) is 19.3. The number of anilines is 1. The summed E-state index contributed by atoms with van der Waals surface area (Å²) in [4.78, 5) is 26.2. The van der Waals surface area contributed by atoms with Gasteiger partial charge in [0.05, 0.1) is 18.8 Å². The van der Waals surface area contributed by atoms with Gasteiger partial charge in [-0.3, -0.25) is 4.79 Å². The van der Waals surface area contributed by atoms with Gasteiger partial charge in [-0.2, -0.15) is 0 Å². The largest absolute Gasteiger partial charge is 0.478 e. The number of carboxylic acids is 1. The van der Waals surface area contributed by atoms with Gasteiger partial charge in [0, 0.05) is 10.8 Å². The molecule has 4 atom stereocenters. The molecule has 0 saturated heterocycles. The molecule has 2 fully saturated rings. The standard InChI is InChI=1S/C22H23NO4S/c24-20(23-21-19(22(25)26)15-8-9-27-11-16(15)28-21)18-14-7-6-13(10-14)17(18)12-4-2-1-3-5-12/h1-5,13-14,17-18H,6-11H2,(H,23,24)(H,25,26). The number of carboxylic acid groups (broad SMARTS) is 1. The summed E-state index contributed by atoms with van der Waals surface area (Å²) in [5.41, 5.74) is 2.31. The van der Waals surface area contributed by atoms with Crippen molar-refractivity contribution in [2.45, 2.75) is 38.2 Å². The summed E-state index contributed by atoms with van der Waals surface area (Å²) < 4.78 is 5.47. The van der Waals surface area contributed by atoms with Crippen molar-refractivity contribution in [2.24, 2.45) is 17.8 Å². The molecule has 5 rings (SSSR count). The Labute approximate surface area is 167 Å². The van der Waals surface area contributed by atoms with Gasteiger partial charge in [-0.1, -0.05) is 30.3 Å². The fourth-order valence-corrected chi connectivity index (χ4v) is 6.75. The zero-order valence-electron chi connectivity index (χ0n) is 15.5. The first kappa shape index (κ1) is 17.9. The van der Waals surface area contributed by atoms with Crippen LogP contribution in [0.15, 0.2) is 30.3 Å². The minimum Gasteiger partial charge on any atom is -0.478 e. The number of hydrogen-bond acceptors (Lipinski definition) is 4. The number of carbonyl (C=O) groups is 2. The predicted octanol–water partition coefficient (Wildman–Crippen LogP) is 4.29. The van der Waals surface area contributed by atoms with Crippen LogP contribution in [0, 0.1) is 17.8 Å². The van der Waals surface area contributed by atoms with E-state index in [-0.39, 0.29) is 23.3 Å². The molecule has 5 nitrogen and oxygen atoms in total. The third-order valence-electron chi connectivity index (χ3n) is 6.67. The number of thiophene rings is 1. The van der Waals surface area contributed by atoms with Crippen molar-refractivity contribution < 1.29 is 19.4 Å². The number of nitrogens with one attached hydrogen (secondary N) is 1. The second-order valence-electron chi connectivity index (χ2n) is 8.10. The highest BCUT2D eigenvalue weighted by atomic mass is 32.1. The molecule has 0 spiro atoms. The third kappa shape index (κ3) is 2.86. The molecule has 0 radical (unpaired) electrons. The predicted molar refractivity (Wildman–Crippen MR) is 107 cm³/mol. The summed E-state index contributed by atoms with van der Waals surface area (Å²) in [7, 11) is 0. The van der Waals surface area contributed by atoms with Crippen LogP contribution in [0.3, 0.4) is 0 Å². The van der Waals surface area contributed by atoms with E-state index in [2.05, 4.69) is 17.4 Å². The fourth-order valence-electron chi connectivity index (χ4n) is 5.57. The van der Waals surface area contributed by atoms with E-state index in [1.54, 1.807) is 0 Å². The second-order valence-corrected chi connectivity index (χ2v) is 9.21. The molecular weight excluding hydrogens is 374 g/mol. The minimum absolute atomic E-state index is 0.0249. The van der Waals surface area contributed by atoms with Crippen molar-refractivity contribution in [2.75, 3.05) is 11.9 Å². The average Bonchev–Trinajstić information content (AvgIpc) is 3.40. The maximum atomic E-state index is 13.3. The average molecular weight is 397 g/mol.